The number of amides is 1. The van der Waals surface area contributed by atoms with E-state index < -0.39 is 0 Å². The number of carbonyl (C=O) groups excluding carboxylic acids is 1. The van der Waals surface area contributed by atoms with E-state index in [-0.39, 0.29) is 12.5 Å². The van der Waals surface area contributed by atoms with E-state index in [2.05, 4.69) is 15.5 Å². The highest BCUT2D eigenvalue weighted by atomic mass is 16.5. The molecule has 3 rings (SSSR count). The second kappa shape index (κ2) is 8.80. The summed E-state index contributed by atoms with van der Waals surface area (Å²) < 4.78 is 10.8. The topological polar surface area (TPSA) is 80.5 Å². The predicted molar refractivity (Wildman–Crippen MR) is 96.7 cm³/mol. The maximum Gasteiger partial charge on any atom is 0.260 e. The molecule has 7 heteroatoms. The molecule has 0 atom stereocenters. The van der Waals surface area contributed by atoms with Gasteiger partial charge in [0.2, 0.25) is 5.89 Å². The molecule has 0 radical (unpaired) electrons. The summed E-state index contributed by atoms with van der Waals surface area (Å²) in [5.41, 5.74) is 1.04. The largest absolute Gasteiger partial charge is 0.484 e. The fourth-order valence-corrected chi connectivity index (χ4v) is 3.13. The fourth-order valence-electron chi connectivity index (χ4n) is 3.13. The van der Waals surface area contributed by atoms with E-state index in [9.17, 15) is 4.79 Å². The van der Waals surface area contributed by atoms with E-state index in [0.717, 1.165) is 43.8 Å². The Morgan fingerprint density at radius 1 is 1.31 bits per heavy atom. The van der Waals surface area contributed by atoms with Gasteiger partial charge >= 0.3 is 0 Å². The van der Waals surface area contributed by atoms with Crippen molar-refractivity contribution >= 4 is 5.91 Å². The number of hydrogen-bond acceptors (Lipinski definition) is 6. The second-order valence-electron chi connectivity index (χ2n) is 6.74. The van der Waals surface area contributed by atoms with Crippen molar-refractivity contribution in [3.05, 3.63) is 41.5 Å². The van der Waals surface area contributed by atoms with Crippen LogP contribution in [0, 0.1) is 19.8 Å². The van der Waals surface area contributed by atoms with Crippen molar-refractivity contribution in [1.82, 2.24) is 20.4 Å². The first-order valence-electron chi connectivity index (χ1n) is 9.08. The van der Waals surface area contributed by atoms with E-state index in [1.165, 1.54) is 0 Å². The summed E-state index contributed by atoms with van der Waals surface area (Å²) >= 11 is 0. The highest BCUT2D eigenvalue weighted by Crippen LogP contribution is 2.19. The summed E-state index contributed by atoms with van der Waals surface area (Å²) in [4.78, 5) is 18.4. The molecule has 1 aliphatic rings. The maximum absolute atomic E-state index is 12.3. The molecule has 0 bridgehead atoms. The highest BCUT2D eigenvalue weighted by Gasteiger charge is 2.23. The van der Waals surface area contributed by atoms with Gasteiger partial charge in [-0.2, -0.15) is 4.98 Å². The normalized spacial score (nSPS) is 15.2. The zero-order valence-corrected chi connectivity index (χ0v) is 15.4. The van der Waals surface area contributed by atoms with Crippen LogP contribution in [0.15, 0.2) is 28.8 Å². The van der Waals surface area contributed by atoms with Crippen molar-refractivity contribution in [2.75, 3.05) is 26.2 Å². The molecule has 1 fully saturated rings. The van der Waals surface area contributed by atoms with Gasteiger partial charge < -0.3 is 19.5 Å². The van der Waals surface area contributed by atoms with E-state index in [4.69, 9.17) is 9.26 Å². The zero-order chi connectivity index (χ0) is 18.4. The lowest BCUT2D eigenvalue weighted by Gasteiger charge is -2.32. The first-order valence-corrected chi connectivity index (χ1v) is 9.08. The Morgan fingerprint density at radius 3 is 2.77 bits per heavy atom. The Kier molecular flexibility index (Phi) is 6.22. The number of hydrogen-bond donors (Lipinski definition) is 1. The predicted octanol–water partition coefficient (Wildman–Crippen LogP) is 2.09. The van der Waals surface area contributed by atoms with Crippen molar-refractivity contribution in [2.45, 2.75) is 33.2 Å². The average molecular weight is 358 g/mol. The summed E-state index contributed by atoms with van der Waals surface area (Å²) in [5.74, 6) is 2.66. The molecule has 1 amide bonds. The number of rotatable bonds is 7. The van der Waals surface area contributed by atoms with Gasteiger partial charge in [-0.15, -0.1) is 0 Å². The number of nitrogens with one attached hydrogen (secondary N) is 1. The van der Waals surface area contributed by atoms with Crippen LogP contribution >= 0.6 is 0 Å². The highest BCUT2D eigenvalue weighted by molar-refractivity contribution is 5.77. The Labute approximate surface area is 153 Å². The maximum atomic E-state index is 12.3. The van der Waals surface area contributed by atoms with Gasteiger partial charge in [-0.25, -0.2) is 0 Å². The van der Waals surface area contributed by atoms with Crippen molar-refractivity contribution in [3.63, 3.8) is 0 Å². The van der Waals surface area contributed by atoms with Crippen LogP contribution in [0.1, 0.15) is 30.1 Å². The smallest absolute Gasteiger partial charge is 0.260 e. The summed E-state index contributed by atoms with van der Waals surface area (Å²) in [7, 11) is 0. The number of ether oxygens (including phenoxy) is 1. The molecule has 1 aromatic heterocycles. The summed E-state index contributed by atoms with van der Waals surface area (Å²) in [6, 6.07) is 7.75. The van der Waals surface area contributed by atoms with Gasteiger partial charge in [-0.3, -0.25) is 4.79 Å². The Bertz CT molecular complexity index is 723. The molecule has 0 unspecified atom stereocenters. The number of piperidine rings is 1. The minimum atomic E-state index is 0.0565. The number of aryl methyl sites for hydroxylation is 2. The summed E-state index contributed by atoms with van der Waals surface area (Å²) in [5, 5.41) is 7.13. The summed E-state index contributed by atoms with van der Waals surface area (Å²) in [6.07, 6.45) is 1.98. The number of nitrogens with zero attached hydrogens (tertiary/aromatic N) is 3. The van der Waals surface area contributed by atoms with E-state index in [0.29, 0.717) is 24.2 Å². The molecule has 1 aliphatic heterocycles. The van der Waals surface area contributed by atoms with Gasteiger partial charge in [0, 0.05) is 13.1 Å². The zero-order valence-electron chi connectivity index (χ0n) is 15.4. The SMILES string of the molecule is Cc1noc(CNCC2CCN(C(=O)COc3ccccc3C)CC2)n1. The first-order chi connectivity index (χ1) is 12.6. The van der Waals surface area contributed by atoms with Gasteiger partial charge in [-0.1, -0.05) is 23.4 Å². The molecule has 1 N–H and O–H groups in total. The van der Waals surface area contributed by atoms with Crippen LogP contribution in [0.25, 0.3) is 0 Å². The summed E-state index contributed by atoms with van der Waals surface area (Å²) in [6.45, 7) is 6.93. The molecule has 0 saturated carbocycles. The molecular formula is C19H26N4O3. The Morgan fingerprint density at radius 2 is 2.08 bits per heavy atom. The molecule has 0 spiro atoms. The number of likely N-dealkylation sites (tertiary alicyclic amines) is 1. The van der Waals surface area contributed by atoms with Gasteiger partial charge in [0.15, 0.2) is 12.4 Å². The van der Waals surface area contributed by atoms with E-state index in [1.807, 2.05) is 43.0 Å². The van der Waals surface area contributed by atoms with Crippen LogP contribution in [-0.2, 0) is 11.3 Å². The fraction of sp³-hybridized carbons (Fsp3) is 0.526. The minimum Gasteiger partial charge on any atom is -0.484 e. The molecule has 1 aromatic carbocycles. The molecule has 2 heterocycles. The third kappa shape index (κ3) is 5.05. The van der Waals surface area contributed by atoms with E-state index >= 15 is 0 Å². The number of para-hydroxylation sites is 1. The van der Waals surface area contributed by atoms with Gasteiger partial charge in [0.1, 0.15) is 5.75 Å². The third-order valence-corrected chi connectivity index (χ3v) is 4.69. The molecule has 0 aliphatic carbocycles. The molecule has 7 nitrogen and oxygen atoms in total. The number of benzene rings is 1. The lowest BCUT2D eigenvalue weighted by atomic mass is 9.97. The monoisotopic (exact) mass is 358 g/mol. The first kappa shape index (κ1) is 18.4. The molecule has 2 aromatic rings. The van der Waals surface area contributed by atoms with Gasteiger partial charge in [0.05, 0.1) is 6.54 Å². The third-order valence-electron chi connectivity index (χ3n) is 4.69. The minimum absolute atomic E-state index is 0.0565. The van der Waals surface area contributed by atoms with Crippen LogP contribution in [0.4, 0.5) is 0 Å². The lowest BCUT2D eigenvalue weighted by molar-refractivity contribution is -0.134. The van der Waals surface area contributed by atoms with Crippen molar-refractivity contribution in [3.8, 4) is 5.75 Å². The van der Waals surface area contributed by atoms with Gasteiger partial charge in [0.25, 0.3) is 5.91 Å². The van der Waals surface area contributed by atoms with Crippen molar-refractivity contribution < 1.29 is 14.1 Å². The quantitative estimate of drug-likeness (QED) is 0.816. The Balaban J connectivity index is 1.35. The van der Waals surface area contributed by atoms with Crippen LogP contribution in [-0.4, -0.2) is 47.2 Å². The second-order valence-corrected chi connectivity index (χ2v) is 6.74. The van der Waals surface area contributed by atoms with Crippen molar-refractivity contribution in [2.24, 2.45) is 5.92 Å². The standard InChI is InChI=1S/C19H26N4O3/c1-14-5-3-4-6-17(14)25-13-19(24)23-9-7-16(8-10-23)11-20-12-18-21-15(2)22-26-18/h3-6,16,20H,7-13H2,1-2H3. The van der Waals surface area contributed by atoms with Crippen LogP contribution in [0.2, 0.25) is 0 Å². The van der Waals surface area contributed by atoms with Crippen molar-refractivity contribution in [1.29, 1.82) is 0 Å². The van der Waals surface area contributed by atoms with Crippen LogP contribution in [0.3, 0.4) is 0 Å². The Hall–Kier alpha value is -2.41. The number of carbonyl (C=O) groups is 1. The molecular weight excluding hydrogens is 332 g/mol. The number of aromatic nitrogens is 2. The average Bonchev–Trinajstić information content (AvgIpc) is 3.06. The van der Waals surface area contributed by atoms with Crippen LogP contribution in [0.5, 0.6) is 5.75 Å². The molecule has 26 heavy (non-hydrogen) atoms. The molecule has 140 valence electrons. The molecule has 1 saturated heterocycles. The van der Waals surface area contributed by atoms with Gasteiger partial charge in [-0.05, 0) is 50.8 Å². The van der Waals surface area contributed by atoms with Crippen LogP contribution < -0.4 is 10.1 Å². The van der Waals surface area contributed by atoms with E-state index in [1.54, 1.807) is 0 Å². The lowest BCUT2D eigenvalue weighted by Crippen LogP contribution is -2.42.